The molecule has 0 saturated heterocycles. The van der Waals surface area contributed by atoms with Crippen LogP contribution in [-0.2, 0) is 11.2 Å². The summed E-state index contributed by atoms with van der Waals surface area (Å²) in [5.41, 5.74) is 0.697. The van der Waals surface area contributed by atoms with E-state index in [9.17, 15) is 9.90 Å². The normalized spacial score (nSPS) is 22.9. The Morgan fingerprint density at radius 3 is 2.69 bits per heavy atom. The third-order valence-electron chi connectivity index (χ3n) is 7.09. The summed E-state index contributed by atoms with van der Waals surface area (Å²) in [5, 5.41) is 11.6. The standard InChI is InChI=1S/C26H34N4O5S/c1-26(2,3)35-25(32)30(4)16-6-8-17(9-7-16)34-23-21-20-15(13-18(31)22-27-11-12-33-22)5-10-19(20)36-24(21)29-14-28-23/h11-12,14-18,31H,5-10,13H2,1-4H3/t15-,16-,17-,18?/m1/s1. The lowest BCUT2D eigenvalue weighted by Gasteiger charge is -2.35. The van der Waals surface area contributed by atoms with Gasteiger partial charge in [0.05, 0.1) is 11.6 Å². The molecule has 0 aliphatic heterocycles. The number of aliphatic hydroxyl groups is 1. The third-order valence-corrected chi connectivity index (χ3v) is 8.26. The molecule has 0 radical (unpaired) electrons. The van der Waals surface area contributed by atoms with Gasteiger partial charge in [0.2, 0.25) is 11.8 Å². The minimum Gasteiger partial charge on any atom is -0.474 e. The van der Waals surface area contributed by atoms with Crippen molar-refractivity contribution in [1.82, 2.24) is 19.9 Å². The Bertz CT molecular complexity index is 1200. The largest absolute Gasteiger partial charge is 0.474 e. The number of carbonyl (C=O) groups is 1. The van der Waals surface area contributed by atoms with E-state index >= 15 is 0 Å². The van der Waals surface area contributed by atoms with Crippen molar-refractivity contribution in [2.45, 2.75) is 95.5 Å². The summed E-state index contributed by atoms with van der Waals surface area (Å²) in [6.07, 6.45) is 9.43. The number of thiophene rings is 1. The maximum Gasteiger partial charge on any atom is 0.410 e. The van der Waals surface area contributed by atoms with Crippen molar-refractivity contribution in [2.24, 2.45) is 0 Å². The maximum atomic E-state index is 12.5. The van der Waals surface area contributed by atoms with E-state index in [0.717, 1.165) is 48.7 Å². The van der Waals surface area contributed by atoms with Gasteiger partial charge >= 0.3 is 6.09 Å². The minimum absolute atomic E-state index is 0.0275. The summed E-state index contributed by atoms with van der Waals surface area (Å²) in [6, 6.07) is 0.136. The number of hydrogen-bond acceptors (Lipinski definition) is 9. The Hall–Kier alpha value is -2.72. The third kappa shape index (κ3) is 5.20. The number of ether oxygens (including phenoxy) is 2. The Kier molecular flexibility index (Phi) is 6.91. The Morgan fingerprint density at radius 1 is 1.22 bits per heavy atom. The molecule has 194 valence electrons. The lowest BCUT2D eigenvalue weighted by atomic mass is 9.92. The number of nitrogens with zero attached hydrogens (tertiary/aromatic N) is 4. The zero-order chi connectivity index (χ0) is 25.4. The molecule has 3 aromatic heterocycles. The molecule has 2 atom stereocenters. The number of fused-ring (bicyclic) bond motifs is 3. The summed E-state index contributed by atoms with van der Waals surface area (Å²) >= 11 is 1.69. The SMILES string of the molecule is CN(C(=O)OC(C)(C)C)[C@H]1CC[C@H](Oc2ncnc3sc4c(c23)[C@@H](CC(O)c2ncco2)CC4)CC1. The second kappa shape index (κ2) is 9.97. The molecule has 2 aliphatic carbocycles. The zero-order valence-electron chi connectivity index (χ0n) is 21.3. The van der Waals surface area contributed by atoms with Gasteiger partial charge in [-0.3, -0.25) is 0 Å². The molecule has 1 saturated carbocycles. The minimum atomic E-state index is -0.753. The van der Waals surface area contributed by atoms with Crippen molar-refractivity contribution in [2.75, 3.05) is 7.05 Å². The summed E-state index contributed by atoms with van der Waals surface area (Å²) in [7, 11) is 1.81. The van der Waals surface area contributed by atoms with Gasteiger partial charge in [0.15, 0.2) is 0 Å². The number of carbonyl (C=O) groups excluding carboxylic acids is 1. The first-order valence-corrected chi connectivity index (χ1v) is 13.5. The van der Waals surface area contributed by atoms with Gasteiger partial charge in [-0.1, -0.05) is 0 Å². The smallest absolute Gasteiger partial charge is 0.410 e. The number of amides is 1. The van der Waals surface area contributed by atoms with E-state index in [-0.39, 0.29) is 24.2 Å². The predicted molar refractivity (Wildman–Crippen MR) is 135 cm³/mol. The van der Waals surface area contributed by atoms with Gasteiger partial charge in [0.1, 0.15) is 35.2 Å². The van der Waals surface area contributed by atoms with E-state index in [1.165, 1.54) is 16.7 Å². The van der Waals surface area contributed by atoms with Crippen molar-refractivity contribution in [3.8, 4) is 5.88 Å². The van der Waals surface area contributed by atoms with Crippen LogP contribution in [0.25, 0.3) is 10.2 Å². The zero-order valence-corrected chi connectivity index (χ0v) is 22.1. The van der Waals surface area contributed by atoms with E-state index in [0.29, 0.717) is 18.2 Å². The van der Waals surface area contributed by atoms with Crippen LogP contribution < -0.4 is 4.74 Å². The Morgan fingerprint density at radius 2 is 2.00 bits per heavy atom. The van der Waals surface area contributed by atoms with Crippen molar-refractivity contribution in [1.29, 1.82) is 0 Å². The second-order valence-corrected chi connectivity index (χ2v) is 11.9. The van der Waals surface area contributed by atoms with Crippen LogP contribution >= 0.6 is 11.3 Å². The highest BCUT2D eigenvalue weighted by molar-refractivity contribution is 7.19. The molecule has 1 unspecified atom stereocenters. The number of oxazole rings is 1. The van der Waals surface area contributed by atoms with Crippen LogP contribution in [0.2, 0.25) is 0 Å². The molecular weight excluding hydrogens is 480 g/mol. The van der Waals surface area contributed by atoms with Crippen LogP contribution in [0.5, 0.6) is 5.88 Å². The molecule has 1 N–H and O–H groups in total. The molecule has 0 spiro atoms. The molecule has 0 bridgehead atoms. The highest BCUT2D eigenvalue weighted by Crippen LogP contribution is 2.48. The van der Waals surface area contributed by atoms with Crippen LogP contribution in [0.3, 0.4) is 0 Å². The summed E-state index contributed by atoms with van der Waals surface area (Å²) in [6.45, 7) is 5.64. The lowest BCUT2D eigenvalue weighted by Crippen LogP contribution is -2.43. The van der Waals surface area contributed by atoms with Crippen LogP contribution in [0.4, 0.5) is 4.79 Å². The van der Waals surface area contributed by atoms with E-state index < -0.39 is 11.7 Å². The molecule has 3 heterocycles. The maximum absolute atomic E-state index is 12.5. The number of aromatic nitrogens is 3. The fraction of sp³-hybridized carbons (Fsp3) is 0.615. The molecule has 9 nitrogen and oxygen atoms in total. The molecule has 1 amide bonds. The molecule has 0 aromatic carbocycles. The fourth-order valence-corrected chi connectivity index (χ4v) is 6.56. The van der Waals surface area contributed by atoms with Gasteiger partial charge in [-0.25, -0.2) is 19.7 Å². The van der Waals surface area contributed by atoms with Gasteiger partial charge in [-0.15, -0.1) is 11.3 Å². The first-order chi connectivity index (χ1) is 17.2. The molecular formula is C26H34N4O5S. The van der Waals surface area contributed by atoms with Crippen molar-refractivity contribution in [3.05, 3.63) is 35.1 Å². The van der Waals surface area contributed by atoms with Gasteiger partial charge in [0.25, 0.3) is 0 Å². The summed E-state index contributed by atoms with van der Waals surface area (Å²) in [4.78, 5) is 29.6. The van der Waals surface area contributed by atoms with Crippen LogP contribution in [0.1, 0.15) is 87.6 Å². The average Bonchev–Trinajstić information content (AvgIpc) is 3.56. The number of rotatable bonds is 6. The van der Waals surface area contributed by atoms with Crippen LogP contribution in [0.15, 0.2) is 23.2 Å². The van der Waals surface area contributed by atoms with E-state index in [1.807, 2.05) is 27.8 Å². The molecule has 2 aliphatic rings. The van der Waals surface area contributed by atoms with E-state index in [2.05, 4.69) is 15.0 Å². The monoisotopic (exact) mass is 514 g/mol. The van der Waals surface area contributed by atoms with Crippen molar-refractivity contribution < 1.29 is 23.8 Å². The number of aryl methyl sites for hydroxylation is 1. The number of hydrogen-bond donors (Lipinski definition) is 1. The molecule has 3 aromatic rings. The first kappa shape index (κ1) is 25.0. The highest BCUT2D eigenvalue weighted by atomic mass is 32.1. The highest BCUT2D eigenvalue weighted by Gasteiger charge is 2.34. The quantitative estimate of drug-likeness (QED) is 0.466. The first-order valence-electron chi connectivity index (χ1n) is 12.7. The molecule has 1 fully saturated rings. The van der Waals surface area contributed by atoms with E-state index in [1.54, 1.807) is 28.8 Å². The van der Waals surface area contributed by atoms with Gasteiger partial charge < -0.3 is 23.9 Å². The van der Waals surface area contributed by atoms with Gasteiger partial charge in [0, 0.05) is 18.0 Å². The predicted octanol–water partition coefficient (Wildman–Crippen LogP) is 5.39. The Labute approximate surface area is 214 Å². The van der Waals surface area contributed by atoms with Crippen LogP contribution in [-0.4, -0.2) is 55.8 Å². The topological polar surface area (TPSA) is 111 Å². The summed E-state index contributed by atoms with van der Waals surface area (Å²) in [5.74, 6) is 1.14. The molecule has 5 rings (SSSR count). The van der Waals surface area contributed by atoms with Gasteiger partial charge in [-0.05, 0) is 77.2 Å². The number of aliphatic hydroxyl groups excluding tert-OH is 1. The summed E-state index contributed by atoms with van der Waals surface area (Å²) < 4.78 is 17.3. The van der Waals surface area contributed by atoms with Crippen molar-refractivity contribution >= 4 is 27.6 Å². The fourth-order valence-electron chi connectivity index (χ4n) is 5.33. The second-order valence-electron chi connectivity index (χ2n) is 10.8. The Balaban J connectivity index is 1.27. The molecule has 36 heavy (non-hydrogen) atoms. The lowest BCUT2D eigenvalue weighted by molar-refractivity contribution is 0.0137. The van der Waals surface area contributed by atoms with Crippen LogP contribution in [0, 0.1) is 0 Å². The average molecular weight is 515 g/mol. The molecule has 10 heteroatoms. The van der Waals surface area contributed by atoms with Gasteiger partial charge in [-0.2, -0.15) is 0 Å². The van der Waals surface area contributed by atoms with E-state index in [4.69, 9.17) is 13.9 Å². The van der Waals surface area contributed by atoms with Crippen molar-refractivity contribution in [3.63, 3.8) is 0 Å².